The molecule has 0 unspecified atom stereocenters. The van der Waals surface area contributed by atoms with Crippen LogP contribution in [0.3, 0.4) is 0 Å². The van der Waals surface area contributed by atoms with Crippen LogP contribution in [0.4, 0.5) is 0 Å². The molecule has 1 aromatic heterocycles. The second kappa shape index (κ2) is 3.26. The van der Waals surface area contributed by atoms with Gasteiger partial charge in [-0.15, -0.1) is 0 Å². The van der Waals surface area contributed by atoms with Crippen LogP contribution in [-0.4, -0.2) is 10.8 Å². The Bertz CT molecular complexity index is 347. The van der Waals surface area contributed by atoms with E-state index in [0.717, 1.165) is 16.7 Å². The standard InChI is InChI=1S/C10H11NO2/c1-7(12)2-8-3-11-4-9-5-13-6-10(8)9/h3-4H,2,5-6H2,1H3. The van der Waals surface area contributed by atoms with E-state index in [2.05, 4.69) is 4.98 Å². The summed E-state index contributed by atoms with van der Waals surface area (Å²) in [6, 6.07) is 0. The zero-order chi connectivity index (χ0) is 9.26. The van der Waals surface area contributed by atoms with Crippen LogP contribution in [0.2, 0.25) is 0 Å². The Balaban J connectivity index is 2.36. The van der Waals surface area contributed by atoms with Crippen molar-refractivity contribution in [3.63, 3.8) is 0 Å². The fourth-order valence-electron chi connectivity index (χ4n) is 1.57. The number of pyridine rings is 1. The van der Waals surface area contributed by atoms with E-state index < -0.39 is 0 Å². The van der Waals surface area contributed by atoms with Crippen LogP contribution >= 0.6 is 0 Å². The number of nitrogens with zero attached hydrogens (tertiary/aromatic N) is 1. The van der Waals surface area contributed by atoms with E-state index in [0.29, 0.717) is 19.6 Å². The second-order valence-electron chi connectivity index (χ2n) is 3.31. The molecule has 0 amide bonds. The Labute approximate surface area is 76.7 Å². The lowest BCUT2D eigenvalue weighted by Gasteiger charge is -2.03. The van der Waals surface area contributed by atoms with Crippen LogP contribution in [0.1, 0.15) is 23.6 Å². The molecule has 0 N–H and O–H groups in total. The number of carbonyl (C=O) groups excluding carboxylic acids is 1. The molecule has 0 fully saturated rings. The van der Waals surface area contributed by atoms with Crippen molar-refractivity contribution >= 4 is 5.78 Å². The summed E-state index contributed by atoms with van der Waals surface area (Å²) in [6.45, 7) is 2.85. The van der Waals surface area contributed by atoms with Gasteiger partial charge in [-0.1, -0.05) is 0 Å². The minimum Gasteiger partial charge on any atom is -0.372 e. The predicted molar refractivity (Wildman–Crippen MR) is 47.1 cm³/mol. The Kier molecular flexibility index (Phi) is 2.10. The molecular formula is C10H11NO2. The highest BCUT2D eigenvalue weighted by atomic mass is 16.5. The fourth-order valence-corrected chi connectivity index (χ4v) is 1.57. The highest BCUT2D eigenvalue weighted by Crippen LogP contribution is 2.22. The summed E-state index contributed by atoms with van der Waals surface area (Å²) in [5.41, 5.74) is 3.30. The third kappa shape index (κ3) is 1.60. The summed E-state index contributed by atoms with van der Waals surface area (Å²) in [5.74, 6) is 0.169. The molecule has 2 rings (SSSR count). The maximum atomic E-state index is 10.9. The molecule has 2 heterocycles. The fraction of sp³-hybridized carbons (Fsp3) is 0.400. The predicted octanol–water partition coefficient (Wildman–Crippen LogP) is 1.24. The maximum absolute atomic E-state index is 10.9. The molecule has 0 atom stereocenters. The van der Waals surface area contributed by atoms with E-state index in [1.54, 1.807) is 13.1 Å². The molecule has 3 nitrogen and oxygen atoms in total. The van der Waals surface area contributed by atoms with E-state index >= 15 is 0 Å². The molecule has 0 saturated heterocycles. The van der Waals surface area contributed by atoms with E-state index in [9.17, 15) is 4.79 Å². The van der Waals surface area contributed by atoms with E-state index in [-0.39, 0.29) is 5.78 Å². The summed E-state index contributed by atoms with van der Waals surface area (Å²) < 4.78 is 5.29. The summed E-state index contributed by atoms with van der Waals surface area (Å²) in [4.78, 5) is 15.0. The first-order chi connectivity index (χ1) is 6.27. The molecule has 1 aliphatic rings. The first-order valence-corrected chi connectivity index (χ1v) is 4.29. The number of hydrogen-bond donors (Lipinski definition) is 0. The molecule has 13 heavy (non-hydrogen) atoms. The van der Waals surface area contributed by atoms with Crippen molar-refractivity contribution in [3.05, 3.63) is 29.1 Å². The van der Waals surface area contributed by atoms with E-state index in [1.165, 1.54) is 0 Å². The number of rotatable bonds is 2. The lowest BCUT2D eigenvalue weighted by molar-refractivity contribution is -0.116. The number of aromatic nitrogens is 1. The monoisotopic (exact) mass is 177 g/mol. The second-order valence-corrected chi connectivity index (χ2v) is 3.31. The smallest absolute Gasteiger partial charge is 0.134 e. The molecule has 1 aromatic rings. The van der Waals surface area contributed by atoms with Gasteiger partial charge < -0.3 is 4.74 Å². The third-order valence-corrected chi connectivity index (χ3v) is 2.18. The third-order valence-electron chi connectivity index (χ3n) is 2.18. The number of Topliss-reactive ketones (excluding diaryl/α,β-unsaturated/α-hetero) is 1. The largest absolute Gasteiger partial charge is 0.372 e. The van der Waals surface area contributed by atoms with Gasteiger partial charge in [-0.2, -0.15) is 0 Å². The summed E-state index contributed by atoms with van der Waals surface area (Å²) >= 11 is 0. The van der Waals surface area contributed by atoms with Crippen molar-refractivity contribution in [2.75, 3.05) is 0 Å². The summed E-state index contributed by atoms with van der Waals surface area (Å²) in [6.07, 6.45) is 4.04. The lowest BCUT2D eigenvalue weighted by atomic mass is 10.0. The molecule has 0 saturated carbocycles. The number of carbonyl (C=O) groups is 1. The van der Waals surface area contributed by atoms with Crippen LogP contribution in [-0.2, 0) is 29.2 Å². The topological polar surface area (TPSA) is 39.2 Å². The number of ether oxygens (including phenoxy) is 1. The van der Waals surface area contributed by atoms with Gasteiger partial charge in [-0.3, -0.25) is 9.78 Å². The van der Waals surface area contributed by atoms with E-state index in [4.69, 9.17) is 4.74 Å². The molecular weight excluding hydrogens is 166 g/mol. The molecule has 0 spiro atoms. The molecule has 1 aliphatic heterocycles. The van der Waals surface area contributed by atoms with Crippen molar-refractivity contribution in [2.24, 2.45) is 0 Å². The van der Waals surface area contributed by atoms with Crippen molar-refractivity contribution in [1.29, 1.82) is 0 Å². The van der Waals surface area contributed by atoms with Crippen molar-refractivity contribution < 1.29 is 9.53 Å². The minimum atomic E-state index is 0.169. The van der Waals surface area contributed by atoms with Crippen LogP contribution in [0.15, 0.2) is 12.4 Å². The van der Waals surface area contributed by atoms with Gasteiger partial charge in [-0.25, -0.2) is 0 Å². The maximum Gasteiger partial charge on any atom is 0.134 e. The van der Waals surface area contributed by atoms with Crippen molar-refractivity contribution in [1.82, 2.24) is 4.98 Å². The zero-order valence-corrected chi connectivity index (χ0v) is 7.54. The van der Waals surface area contributed by atoms with Crippen LogP contribution in [0.25, 0.3) is 0 Å². The Morgan fingerprint density at radius 2 is 2.38 bits per heavy atom. The van der Waals surface area contributed by atoms with E-state index in [1.807, 2.05) is 6.20 Å². The molecule has 68 valence electrons. The van der Waals surface area contributed by atoms with Crippen molar-refractivity contribution in [2.45, 2.75) is 26.6 Å². The molecule has 0 aliphatic carbocycles. The highest BCUT2D eigenvalue weighted by molar-refractivity contribution is 5.78. The van der Waals surface area contributed by atoms with Gasteiger partial charge in [0.2, 0.25) is 0 Å². The molecule has 0 bridgehead atoms. The van der Waals surface area contributed by atoms with Gasteiger partial charge in [0.25, 0.3) is 0 Å². The van der Waals surface area contributed by atoms with Gasteiger partial charge in [0.15, 0.2) is 0 Å². The minimum absolute atomic E-state index is 0.169. The average molecular weight is 177 g/mol. The number of ketones is 1. The van der Waals surface area contributed by atoms with Crippen molar-refractivity contribution in [3.8, 4) is 0 Å². The molecule has 3 heteroatoms. The average Bonchev–Trinajstić information content (AvgIpc) is 2.51. The number of fused-ring (bicyclic) bond motifs is 1. The first-order valence-electron chi connectivity index (χ1n) is 4.29. The lowest BCUT2D eigenvalue weighted by Crippen LogP contribution is -2.01. The SMILES string of the molecule is CC(=O)Cc1cncc2c1COC2. The number of hydrogen-bond acceptors (Lipinski definition) is 3. The van der Waals surface area contributed by atoms with Gasteiger partial charge in [-0.05, 0) is 18.1 Å². The van der Waals surface area contributed by atoms with Gasteiger partial charge in [0.05, 0.1) is 13.2 Å². The van der Waals surface area contributed by atoms with Gasteiger partial charge >= 0.3 is 0 Å². The van der Waals surface area contributed by atoms with Crippen LogP contribution < -0.4 is 0 Å². The Morgan fingerprint density at radius 1 is 1.54 bits per heavy atom. The summed E-state index contributed by atoms with van der Waals surface area (Å²) in [5, 5.41) is 0. The normalized spacial score (nSPS) is 14.2. The molecule has 0 radical (unpaired) electrons. The van der Waals surface area contributed by atoms with Crippen LogP contribution in [0, 0.1) is 0 Å². The first kappa shape index (κ1) is 8.38. The summed E-state index contributed by atoms with van der Waals surface area (Å²) in [7, 11) is 0. The Morgan fingerprint density at radius 3 is 3.15 bits per heavy atom. The highest BCUT2D eigenvalue weighted by Gasteiger charge is 2.15. The quantitative estimate of drug-likeness (QED) is 0.682. The zero-order valence-electron chi connectivity index (χ0n) is 7.54. The van der Waals surface area contributed by atoms with Crippen LogP contribution in [0.5, 0.6) is 0 Å². The molecule has 0 aromatic carbocycles. The van der Waals surface area contributed by atoms with Gasteiger partial charge in [0.1, 0.15) is 5.78 Å². The van der Waals surface area contributed by atoms with Gasteiger partial charge in [0, 0.05) is 24.4 Å². The Hall–Kier alpha value is -1.22.